The van der Waals surface area contributed by atoms with Crippen LogP contribution < -0.4 is 4.72 Å². The van der Waals surface area contributed by atoms with Crippen molar-refractivity contribution in [3.8, 4) is 0 Å². The van der Waals surface area contributed by atoms with Crippen LogP contribution in [-0.2, 0) is 22.9 Å². The van der Waals surface area contributed by atoms with E-state index < -0.39 is 10.0 Å². The van der Waals surface area contributed by atoms with Crippen LogP contribution in [0.25, 0.3) is 0 Å². The third kappa shape index (κ3) is 2.91. The van der Waals surface area contributed by atoms with Crippen molar-refractivity contribution >= 4 is 10.0 Å². The van der Waals surface area contributed by atoms with Crippen LogP contribution >= 0.6 is 0 Å². The molecule has 0 aliphatic heterocycles. The highest BCUT2D eigenvalue weighted by atomic mass is 32.2. The van der Waals surface area contributed by atoms with Crippen LogP contribution in [0.4, 0.5) is 0 Å². The van der Waals surface area contributed by atoms with Crippen molar-refractivity contribution in [1.29, 1.82) is 0 Å². The lowest BCUT2D eigenvalue weighted by Gasteiger charge is -2.11. The van der Waals surface area contributed by atoms with E-state index in [9.17, 15) is 8.42 Å². The summed E-state index contributed by atoms with van der Waals surface area (Å²) in [6.07, 6.45) is 3.12. The lowest BCUT2D eigenvalue weighted by molar-refractivity contribution is 0.238. The fourth-order valence-corrected chi connectivity index (χ4v) is 3.33. The lowest BCUT2D eigenvalue weighted by atomic mass is 10.1. The van der Waals surface area contributed by atoms with Gasteiger partial charge in [0, 0.05) is 13.2 Å². The third-order valence-corrected chi connectivity index (χ3v) is 4.73. The van der Waals surface area contributed by atoms with E-state index >= 15 is 0 Å². The van der Waals surface area contributed by atoms with Gasteiger partial charge in [-0.2, -0.15) is 0 Å². The molecule has 0 heterocycles. The molecule has 0 spiro atoms. The molecular formula is C13H19NO3S. The fourth-order valence-electron chi connectivity index (χ4n) is 2.12. The molecule has 1 atom stereocenters. The summed E-state index contributed by atoms with van der Waals surface area (Å²) in [6.45, 7) is 2.04. The molecule has 100 valence electrons. The van der Waals surface area contributed by atoms with Gasteiger partial charge in [0.25, 0.3) is 0 Å². The van der Waals surface area contributed by atoms with E-state index in [2.05, 4.69) is 4.72 Å². The molecule has 2 N–H and O–H groups in total. The molecule has 1 aliphatic rings. The van der Waals surface area contributed by atoms with E-state index in [1.807, 2.05) is 6.07 Å². The molecule has 0 bridgehead atoms. The Bertz CT molecular complexity index is 525. The summed E-state index contributed by atoms with van der Waals surface area (Å²) in [5, 5.41) is 8.89. The van der Waals surface area contributed by atoms with Crippen molar-refractivity contribution in [1.82, 2.24) is 4.72 Å². The van der Waals surface area contributed by atoms with Crippen molar-refractivity contribution < 1.29 is 13.5 Å². The fraction of sp³-hybridized carbons (Fsp3) is 0.538. The van der Waals surface area contributed by atoms with Gasteiger partial charge in [0.1, 0.15) is 0 Å². The van der Waals surface area contributed by atoms with Gasteiger partial charge < -0.3 is 5.11 Å². The number of fused-ring (bicyclic) bond motifs is 1. The molecule has 4 nitrogen and oxygen atoms in total. The highest BCUT2D eigenvalue weighted by Crippen LogP contribution is 2.24. The summed E-state index contributed by atoms with van der Waals surface area (Å²) in [6, 6.07) is 5.34. The molecule has 0 amide bonds. The number of benzene rings is 1. The Morgan fingerprint density at radius 3 is 2.78 bits per heavy atom. The Hall–Kier alpha value is -0.910. The minimum atomic E-state index is -3.45. The SMILES string of the molecule is CC(CO)CNS(=O)(=O)c1ccc2c(c1)CCC2. The topological polar surface area (TPSA) is 66.4 Å². The van der Waals surface area contributed by atoms with E-state index in [1.54, 1.807) is 19.1 Å². The number of aryl methyl sites for hydroxylation is 2. The molecule has 1 unspecified atom stereocenters. The maximum absolute atomic E-state index is 12.1. The maximum atomic E-state index is 12.1. The second-order valence-corrected chi connectivity index (χ2v) is 6.69. The summed E-state index contributed by atoms with van der Waals surface area (Å²) in [7, 11) is -3.45. The van der Waals surface area contributed by atoms with Crippen molar-refractivity contribution in [2.24, 2.45) is 5.92 Å². The minimum absolute atomic E-state index is 0.0211. The zero-order valence-corrected chi connectivity index (χ0v) is 11.3. The van der Waals surface area contributed by atoms with E-state index in [0.717, 1.165) is 24.8 Å². The minimum Gasteiger partial charge on any atom is -0.396 e. The van der Waals surface area contributed by atoms with Crippen LogP contribution in [-0.4, -0.2) is 26.7 Å². The Labute approximate surface area is 108 Å². The zero-order valence-electron chi connectivity index (χ0n) is 10.5. The highest BCUT2D eigenvalue weighted by molar-refractivity contribution is 7.89. The third-order valence-electron chi connectivity index (χ3n) is 3.31. The molecule has 2 rings (SSSR count). The molecule has 0 saturated carbocycles. The van der Waals surface area contributed by atoms with Crippen LogP contribution in [0.2, 0.25) is 0 Å². The van der Waals surface area contributed by atoms with Gasteiger partial charge in [-0.25, -0.2) is 13.1 Å². The molecule has 0 radical (unpaired) electrons. The number of nitrogens with one attached hydrogen (secondary N) is 1. The Morgan fingerprint density at radius 2 is 2.06 bits per heavy atom. The van der Waals surface area contributed by atoms with Crippen LogP contribution in [0, 0.1) is 5.92 Å². The maximum Gasteiger partial charge on any atom is 0.240 e. The van der Waals surface area contributed by atoms with Crippen molar-refractivity contribution in [3.63, 3.8) is 0 Å². The van der Waals surface area contributed by atoms with Gasteiger partial charge in [0.05, 0.1) is 4.90 Å². The van der Waals surface area contributed by atoms with Crippen molar-refractivity contribution in [2.45, 2.75) is 31.1 Å². The van der Waals surface area contributed by atoms with E-state index in [4.69, 9.17) is 5.11 Å². The number of aliphatic hydroxyl groups is 1. The van der Waals surface area contributed by atoms with Gasteiger partial charge in [0.2, 0.25) is 10.0 Å². The first-order valence-electron chi connectivity index (χ1n) is 6.25. The van der Waals surface area contributed by atoms with E-state index in [-0.39, 0.29) is 19.1 Å². The van der Waals surface area contributed by atoms with Crippen LogP contribution in [0.3, 0.4) is 0 Å². The van der Waals surface area contributed by atoms with Gasteiger partial charge in [-0.3, -0.25) is 0 Å². The predicted octanol–water partition coefficient (Wildman–Crippen LogP) is 1.08. The summed E-state index contributed by atoms with van der Waals surface area (Å²) >= 11 is 0. The number of hydrogen-bond acceptors (Lipinski definition) is 3. The van der Waals surface area contributed by atoms with Crippen LogP contribution in [0.15, 0.2) is 23.1 Å². The molecule has 0 saturated heterocycles. The number of hydrogen-bond donors (Lipinski definition) is 2. The summed E-state index contributed by atoms with van der Waals surface area (Å²) in [4.78, 5) is 0.327. The van der Waals surface area contributed by atoms with Gasteiger partial charge in [-0.15, -0.1) is 0 Å². The standard InChI is InChI=1S/C13H19NO3S/c1-10(9-15)8-14-18(16,17)13-6-5-11-3-2-4-12(11)7-13/h5-7,10,14-15H,2-4,8-9H2,1H3. The number of aliphatic hydroxyl groups excluding tert-OH is 1. The lowest BCUT2D eigenvalue weighted by Crippen LogP contribution is -2.29. The Balaban J connectivity index is 2.15. The highest BCUT2D eigenvalue weighted by Gasteiger charge is 2.18. The second kappa shape index (κ2) is 5.38. The molecule has 1 aromatic carbocycles. The molecule has 1 aromatic rings. The van der Waals surface area contributed by atoms with Gasteiger partial charge in [-0.1, -0.05) is 13.0 Å². The first kappa shape index (κ1) is 13.5. The summed E-state index contributed by atoms with van der Waals surface area (Å²) in [5.41, 5.74) is 2.41. The van der Waals surface area contributed by atoms with Gasteiger partial charge in [-0.05, 0) is 48.4 Å². The van der Waals surface area contributed by atoms with E-state index in [0.29, 0.717) is 4.90 Å². The van der Waals surface area contributed by atoms with Gasteiger partial charge >= 0.3 is 0 Å². The molecule has 5 heteroatoms. The summed E-state index contributed by atoms with van der Waals surface area (Å²) < 4.78 is 26.6. The average Bonchev–Trinajstić information content (AvgIpc) is 2.83. The van der Waals surface area contributed by atoms with Crippen molar-refractivity contribution in [2.75, 3.05) is 13.2 Å². The quantitative estimate of drug-likeness (QED) is 0.840. The Kier molecular flexibility index (Phi) is 4.04. The molecular weight excluding hydrogens is 250 g/mol. The van der Waals surface area contributed by atoms with Gasteiger partial charge in [0.15, 0.2) is 0 Å². The molecule has 18 heavy (non-hydrogen) atoms. The van der Waals surface area contributed by atoms with Crippen molar-refractivity contribution in [3.05, 3.63) is 29.3 Å². The van der Waals surface area contributed by atoms with Crippen LogP contribution in [0.5, 0.6) is 0 Å². The normalized spacial score (nSPS) is 16.6. The Morgan fingerprint density at radius 1 is 1.33 bits per heavy atom. The monoisotopic (exact) mass is 269 g/mol. The predicted molar refractivity (Wildman–Crippen MR) is 69.9 cm³/mol. The number of sulfonamides is 1. The molecule has 0 aromatic heterocycles. The van der Waals surface area contributed by atoms with Crippen LogP contribution in [0.1, 0.15) is 24.5 Å². The van der Waals surface area contributed by atoms with E-state index in [1.165, 1.54) is 5.56 Å². The zero-order chi connectivity index (χ0) is 13.2. The first-order valence-corrected chi connectivity index (χ1v) is 7.73. The smallest absolute Gasteiger partial charge is 0.240 e. The average molecular weight is 269 g/mol. The molecule has 0 fully saturated rings. The molecule has 1 aliphatic carbocycles. The second-order valence-electron chi connectivity index (χ2n) is 4.92. The summed E-state index contributed by atoms with van der Waals surface area (Å²) in [5.74, 6) is -0.0748. The largest absolute Gasteiger partial charge is 0.396 e. The first-order chi connectivity index (χ1) is 8.53. The number of rotatable bonds is 5.